The van der Waals surface area contributed by atoms with Crippen LogP contribution in [0.3, 0.4) is 0 Å². The Morgan fingerprint density at radius 1 is 1.67 bits per heavy atom. The predicted molar refractivity (Wildman–Crippen MR) is 70.0 cm³/mol. The van der Waals surface area contributed by atoms with Gasteiger partial charge in [0.1, 0.15) is 0 Å². The number of amidine groups is 1. The number of nitrogens with one attached hydrogen (secondary N) is 1. The number of aryl methyl sites for hydroxylation is 1. The number of hydrogen-bond acceptors (Lipinski definition) is 6. The van der Waals surface area contributed by atoms with Gasteiger partial charge in [0.15, 0.2) is 5.17 Å². The molecule has 0 aromatic carbocycles. The van der Waals surface area contributed by atoms with Crippen molar-refractivity contribution in [3.05, 3.63) is 27.6 Å². The van der Waals surface area contributed by atoms with E-state index >= 15 is 0 Å². The Labute approximate surface area is 109 Å². The third kappa shape index (κ3) is 3.71. The molecule has 6 nitrogen and oxygen atoms in total. The number of carbonyl (C=O) groups is 1. The molecule has 0 saturated carbocycles. The topological polar surface area (TPSA) is 80.9 Å². The number of nitrogens with zero attached hydrogens (tertiary/aromatic N) is 1. The van der Waals surface area contributed by atoms with Gasteiger partial charge in [-0.3, -0.25) is 4.79 Å². The fourth-order valence-corrected chi connectivity index (χ4v) is 1.73. The molecule has 0 fully saturated rings. The molecule has 0 radical (unpaired) electrons. The van der Waals surface area contributed by atoms with Crippen LogP contribution in [0.25, 0.3) is 0 Å². The predicted octanol–water partition coefficient (Wildman–Crippen LogP) is 1.54. The first-order valence-corrected chi connectivity index (χ1v) is 5.99. The molecular weight excluding hydrogens is 256 g/mol. The lowest BCUT2D eigenvalue weighted by atomic mass is 10.1. The van der Waals surface area contributed by atoms with Crippen molar-refractivity contribution in [2.24, 2.45) is 4.99 Å². The van der Waals surface area contributed by atoms with Gasteiger partial charge in [0.2, 0.25) is 12.3 Å². The molecule has 7 heteroatoms. The molecule has 0 bridgehead atoms. The van der Waals surface area contributed by atoms with E-state index < -0.39 is 5.63 Å². The number of aliphatic imine (C=N–C) groups is 1. The molecule has 98 valence electrons. The molecule has 18 heavy (non-hydrogen) atoms. The lowest BCUT2D eigenvalue weighted by Crippen LogP contribution is -2.18. The zero-order valence-electron chi connectivity index (χ0n) is 10.4. The molecule has 0 aliphatic carbocycles. The van der Waals surface area contributed by atoms with Gasteiger partial charge in [0.05, 0.1) is 19.2 Å². The van der Waals surface area contributed by atoms with E-state index in [2.05, 4.69) is 10.3 Å². The van der Waals surface area contributed by atoms with E-state index in [1.807, 2.05) is 6.92 Å². The van der Waals surface area contributed by atoms with E-state index in [1.165, 1.54) is 13.2 Å². The molecule has 1 amide bonds. The highest BCUT2D eigenvalue weighted by molar-refractivity contribution is 8.09. The van der Waals surface area contributed by atoms with E-state index in [9.17, 15) is 9.59 Å². The second-order valence-corrected chi connectivity index (χ2v) is 4.19. The van der Waals surface area contributed by atoms with Gasteiger partial charge < -0.3 is 13.9 Å². The minimum Gasteiger partial charge on any atom is -0.404 e. The van der Waals surface area contributed by atoms with Gasteiger partial charge in [-0.2, -0.15) is 4.99 Å². The smallest absolute Gasteiger partial charge is 0.337 e. The highest BCUT2D eigenvalue weighted by Gasteiger charge is 2.09. The van der Waals surface area contributed by atoms with Crippen LogP contribution in [-0.4, -0.2) is 18.7 Å². The lowest BCUT2D eigenvalue weighted by Gasteiger charge is -2.06. The molecule has 0 saturated heterocycles. The Morgan fingerprint density at radius 3 is 2.94 bits per heavy atom. The average molecular weight is 270 g/mol. The standard InChI is InChI=1S/C11H14N2O4S/c1-4-8-5-9(15)17-10(7(8)2)13-11(12-6-14)18-16-3/h5-6H,4H2,1-3H3,(H,12,13,14). The summed E-state index contributed by atoms with van der Waals surface area (Å²) in [5.41, 5.74) is 1.15. The van der Waals surface area contributed by atoms with Crippen molar-refractivity contribution < 1.29 is 13.4 Å². The van der Waals surface area contributed by atoms with Crippen molar-refractivity contribution >= 4 is 29.5 Å². The number of hydrogen-bond donors (Lipinski definition) is 1. The highest BCUT2D eigenvalue weighted by atomic mass is 32.2. The molecular formula is C11H14N2O4S. The fraction of sp³-hybridized carbons (Fsp3) is 0.364. The molecule has 0 atom stereocenters. The summed E-state index contributed by atoms with van der Waals surface area (Å²) in [6, 6.07) is 1.44. The van der Waals surface area contributed by atoms with Crippen LogP contribution in [0.15, 0.2) is 20.3 Å². The summed E-state index contributed by atoms with van der Waals surface area (Å²) in [5.74, 6) is 0.174. The Kier molecular flexibility index (Phi) is 5.60. The van der Waals surface area contributed by atoms with Crippen LogP contribution in [0.1, 0.15) is 18.1 Å². The molecule has 1 N–H and O–H groups in total. The maximum atomic E-state index is 11.4. The molecule has 1 aromatic heterocycles. The Balaban J connectivity index is 3.22. The zero-order valence-corrected chi connectivity index (χ0v) is 11.2. The quantitative estimate of drug-likeness (QED) is 0.388. The molecule has 1 rings (SSSR count). The monoisotopic (exact) mass is 270 g/mol. The van der Waals surface area contributed by atoms with Gasteiger partial charge in [0.25, 0.3) is 0 Å². The summed E-state index contributed by atoms with van der Waals surface area (Å²) in [4.78, 5) is 25.8. The van der Waals surface area contributed by atoms with E-state index in [4.69, 9.17) is 8.60 Å². The van der Waals surface area contributed by atoms with Crippen molar-refractivity contribution in [3.63, 3.8) is 0 Å². The van der Waals surface area contributed by atoms with Gasteiger partial charge in [-0.05, 0) is 18.9 Å². The molecule has 0 aliphatic rings. The van der Waals surface area contributed by atoms with Crippen LogP contribution >= 0.6 is 12.0 Å². The summed E-state index contributed by atoms with van der Waals surface area (Å²) >= 11 is 0.869. The number of rotatable bonds is 4. The Hall–Kier alpha value is -1.60. The molecule has 0 aliphatic heterocycles. The summed E-state index contributed by atoms with van der Waals surface area (Å²) in [6.07, 6.45) is 1.18. The highest BCUT2D eigenvalue weighted by Crippen LogP contribution is 2.21. The largest absolute Gasteiger partial charge is 0.404 e. The molecule has 0 unspecified atom stereocenters. The first-order valence-electron chi connectivity index (χ1n) is 5.25. The third-order valence-corrected chi connectivity index (χ3v) is 2.75. The van der Waals surface area contributed by atoms with Crippen LogP contribution in [-0.2, 0) is 15.4 Å². The molecule has 1 aromatic rings. The van der Waals surface area contributed by atoms with E-state index in [0.717, 1.165) is 23.2 Å². The summed E-state index contributed by atoms with van der Waals surface area (Å²) < 4.78 is 9.81. The minimum absolute atomic E-state index is 0.174. The minimum atomic E-state index is -0.468. The SMILES string of the molecule is CCc1cc(=O)oc(/N=C(\NC=O)SOC)c1C. The fourth-order valence-electron chi connectivity index (χ4n) is 1.36. The average Bonchev–Trinajstić information content (AvgIpc) is 2.34. The maximum Gasteiger partial charge on any atom is 0.337 e. The van der Waals surface area contributed by atoms with Crippen molar-refractivity contribution in [1.82, 2.24) is 5.32 Å². The van der Waals surface area contributed by atoms with Crippen molar-refractivity contribution in [3.8, 4) is 0 Å². The summed E-state index contributed by atoms with van der Waals surface area (Å²) in [6.45, 7) is 3.74. The van der Waals surface area contributed by atoms with Crippen LogP contribution < -0.4 is 10.9 Å². The second-order valence-electron chi connectivity index (χ2n) is 3.30. The van der Waals surface area contributed by atoms with Gasteiger partial charge in [-0.25, -0.2) is 4.79 Å². The van der Waals surface area contributed by atoms with Gasteiger partial charge >= 0.3 is 5.63 Å². The van der Waals surface area contributed by atoms with Crippen LogP contribution in [0, 0.1) is 6.92 Å². The molecule has 1 heterocycles. The Morgan fingerprint density at radius 2 is 2.39 bits per heavy atom. The van der Waals surface area contributed by atoms with Crippen LogP contribution in [0.2, 0.25) is 0 Å². The normalized spacial score (nSPS) is 11.4. The molecule has 0 spiro atoms. The summed E-state index contributed by atoms with van der Waals surface area (Å²) in [5, 5.41) is 2.56. The first-order chi connectivity index (χ1) is 8.62. The lowest BCUT2D eigenvalue weighted by molar-refractivity contribution is -0.108. The van der Waals surface area contributed by atoms with E-state index in [0.29, 0.717) is 12.8 Å². The van der Waals surface area contributed by atoms with Crippen LogP contribution in [0.5, 0.6) is 0 Å². The number of carbonyl (C=O) groups excluding carboxylic acids is 1. The maximum absolute atomic E-state index is 11.4. The summed E-state index contributed by atoms with van der Waals surface area (Å²) in [7, 11) is 1.44. The second kappa shape index (κ2) is 6.97. The third-order valence-electron chi connectivity index (χ3n) is 2.22. The van der Waals surface area contributed by atoms with Crippen molar-refractivity contribution in [1.29, 1.82) is 0 Å². The van der Waals surface area contributed by atoms with Crippen molar-refractivity contribution in [2.45, 2.75) is 20.3 Å². The van der Waals surface area contributed by atoms with Crippen LogP contribution in [0.4, 0.5) is 5.88 Å². The van der Waals surface area contributed by atoms with Crippen molar-refractivity contribution in [2.75, 3.05) is 7.11 Å². The number of amides is 1. The zero-order chi connectivity index (χ0) is 13.5. The Bertz CT molecular complexity index is 510. The van der Waals surface area contributed by atoms with Gasteiger partial charge in [-0.1, -0.05) is 6.92 Å². The first kappa shape index (κ1) is 14.5. The van der Waals surface area contributed by atoms with Gasteiger partial charge in [-0.15, -0.1) is 0 Å². The van der Waals surface area contributed by atoms with Gasteiger partial charge in [0, 0.05) is 11.6 Å². The van der Waals surface area contributed by atoms with E-state index in [-0.39, 0.29) is 11.1 Å². The van der Waals surface area contributed by atoms with E-state index in [1.54, 1.807) is 6.92 Å².